The van der Waals surface area contributed by atoms with Crippen LogP contribution in [0.1, 0.15) is 36.2 Å². The van der Waals surface area contributed by atoms with E-state index in [4.69, 9.17) is 9.84 Å². The van der Waals surface area contributed by atoms with Crippen LogP contribution in [-0.4, -0.2) is 49.1 Å². The van der Waals surface area contributed by atoms with Crippen molar-refractivity contribution < 1.29 is 4.74 Å². The van der Waals surface area contributed by atoms with E-state index in [1.54, 1.807) is 0 Å². The second kappa shape index (κ2) is 8.92. The van der Waals surface area contributed by atoms with Gasteiger partial charge in [-0.3, -0.25) is 4.90 Å². The molecule has 0 saturated carbocycles. The quantitative estimate of drug-likeness (QED) is 0.469. The first-order valence-corrected chi connectivity index (χ1v) is 11.8. The van der Waals surface area contributed by atoms with E-state index >= 15 is 0 Å². The minimum Gasteiger partial charge on any atom is -0.370 e. The van der Waals surface area contributed by atoms with Crippen molar-refractivity contribution in [3.8, 4) is 16.9 Å². The Kier molecular flexibility index (Phi) is 5.49. The highest BCUT2D eigenvalue weighted by molar-refractivity contribution is 5.63. The van der Waals surface area contributed by atoms with E-state index in [9.17, 15) is 0 Å². The summed E-state index contributed by atoms with van der Waals surface area (Å²) in [4.78, 5) is 2.51. The second-order valence-electron chi connectivity index (χ2n) is 8.80. The van der Waals surface area contributed by atoms with Gasteiger partial charge < -0.3 is 9.30 Å². The predicted octanol–water partition coefficient (Wildman–Crippen LogP) is 4.04. The molecule has 7 nitrogen and oxygen atoms in total. The maximum Gasteiger partial charge on any atom is 0.162 e. The fourth-order valence-electron chi connectivity index (χ4n) is 4.88. The third-order valence-electron chi connectivity index (χ3n) is 6.62. The summed E-state index contributed by atoms with van der Waals surface area (Å²) in [6.45, 7) is 4.48. The van der Waals surface area contributed by atoms with Crippen LogP contribution in [0.3, 0.4) is 0 Å². The summed E-state index contributed by atoms with van der Waals surface area (Å²) in [5.41, 5.74) is 4.50. The number of hydrogen-bond donors (Lipinski definition) is 0. The Morgan fingerprint density at radius 1 is 0.909 bits per heavy atom. The minimum atomic E-state index is 0.103. The van der Waals surface area contributed by atoms with Gasteiger partial charge in [0.15, 0.2) is 5.82 Å². The predicted molar refractivity (Wildman–Crippen MR) is 126 cm³/mol. The normalized spacial score (nSPS) is 18.8. The molecule has 2 aromatic heterocycles. The number of fused-ring (bicyclic) bond motifs is 1. The number of ether oxygens (including phenoxy) is 1. The van der Waals surface area contributed by atoms with Gasteiger partial charge in [-0.25, -0.2) is 4.68 Å². The zero-order valence-electron chi connectivity index (χ0n) is 18.7. The molecule has 33 heavy (non-hydrogen) atoms. The summed E-state index contributed by atoms with van der Waals surface area (Å²) in [5, 5.41) is 14.0. The first-order valence-electron chi connectivity index (χ1n) is 11.8. The highest BCUT2D eigenvalue weighted by Crippen LogP contribution is 2.29. The fourth-order valence-corrected chi connectivity index (χ4v) is 4.88. The second-order valence-corrected chi connectivity index (χ2v) is 8.80. The van der Waals surface area contributed by atoms with Crippen LogP contribution in [0.25, 0.3) is 16.9 Å². The van der Waals surface area contributed by atoms with Gasteiger partial charge in [0, 0.05) is 56.5 Å². The molecule has 2 aromatic carbocycles. The van der Waals surface area contributed by atoms with Gasteiger partial charge in [-0.15, -0.1) is 10.2 Å². The van der Waals surface area contributed by atoms with Crippen molar-refractivity contribution in [3.63, 3.8) is 0 Å². The molecule has 6 rings (SSSR count). The topological polar surface area (TPSA) is 61.0 Å². The highest BCUT2D eigenvalue weighted by Gasteiger charge is 2.27. The molecule has 168 valence electrons. The zero-order valence-corrected chi connectivity index (χ0v) is 18.7. The van der Waals surface area contributed by atoms with Crippen molar-refractivity contribution in [2.75, 3.05) is 19.7 Å². The van der Waals surface area contributed by atoms with Gasteiger partial charge in [-0.1, -0.05) is 48.5 Å². The monoisotopic (exact) mass is 440 g/mol. The molecule has 1 fully saturated rings. The molecule has 0 bridgehead atoms. The summed E-state index contributed by atoms with van der Waals surface area (Å²) in [6.07, 6.45) is 5.33. The molecule has 1 unspecified atom stereocenters. The maximum absolute atomic E-state index is 5.89. The summed E-state index contributed by atoms with van der Waals surface area (Å²) in [6, 6.07) is 20.8. The molecule has 0 radical (unpaired) electrons. The molecule has 7 heteroatoms. The van der Waals surface area contributed by atoms with Crippen molar-refractivity contribution in [3.05, 3.63) is 84.1 Å². The third-order valence-corrected chi connectivity index (χ3v) is 6.62. The molecular formula is C26H28N6O. The number of nitrogens with zero attached hydrogens (tertiary/aromatic N) is 6. The molecule has 1 saturated heterocycles. The molecule has 4 heterocycles. The number of para-hydroxylation sites is 1. The van der Waals surface area contributed by atoms with Crippen molar-refractivity contribution in [2.24, 2.45) is 0 Å². The number of rotatable bonds is 5. The lowest BCUT2D eigenvalue weighted by Gasteiger charge is -2.19. The lowest BCUT2D eigenvalue weighted by Crippen LogP contribution is -2.27. The Morgan fingerprint density at radius 2 is 1.73 bits per heavy atom. The van der Waals surface area contributed by atoms with E-state index in [1.165, 1.54) is 5.56 Å². The Labute approximate surface area is 193 Å². The zero-order chi connectivity index (χ0) is 22.0. The van der Waals surface area contributed by atoms with Gasteiger partial charge in [0.05, 0.1) is 11.4 Å². The van der Waals surface area contributed by atoms with Gasteiger partial charge in [0.1, 0.15) is 11.9 Å². The van der Waals surface area contributed by atoms with Crippen LogP contribution in [0.2, 0.25) is 0 Å². The van der Waals surface area contributed by atoms with Crippen molar-refractivity contribution in [1.82, 2.24) is 29.4 Å². The van der Waals surface area contributed by atoms with Gasteiger partial charge in [0.25, 0.3) is 0 Å². The summed E-state index contributed by atoms with van der Waals surface area (Å²) in [5.74, 6) is 2.08. The molecular weight excluding hydrogens is 412 g/mol. The Hall–Kier alpha value is -3.29. The van der Waals surface area contributed by atoms with E-state index < -0.39 is 0 Å². The van der Waals surface area contributed by atoms with Gasteiger partial charge >= 0.3 is 0 Å². The van der Waals surface area contributed by atoms with E-state index in [0.29, 0.717) is 0 Å². The molecule has 0 N–H and O–H groups in total. The van der Waals surface area contributed by atoms with Crippen LogP contribution < -0.4 is 0 Å². The minimum absolute atomic E-state index is 0.103. The smallest absolute Gasteiger partial charge is 0.162 e. The molecule has 0 aliphatic carbocycles. The summed E-state index contributed by atoms with van der Waals surface area (Å²) >= 11 is 0. The number of benzene rings is 2. The van der Waals surface area contributed by atoms with Crippen LogP contribution in [-0.2, 0) is 24.2 Å². The largest absolute Gasteiger partial charge is 0.370 e. The van der Waals surface area contributed by atoms with Crippen LogP contribution in [0.4, 0.5) is 0 Å². The van der Waals surface area contributed by atoms with Gasteiger partial charge in [0.2, 0.25) is 0 Å². The average Bonchev–Trinajstić information content (AvgIpc) is 3.59. The average molecular weight is 441 g/mol. The van der Waals surface area contributed by atoms with Crippen LogP contribution in [0, 0.1) is 0 Å². The lowest BCUT2D eigenvalue weighted by molar-refractivity contribution is 0.101. The SMILES string of the molecule is c1ccc(-c2nn(-c3ccccc3)cc2CN2CCc3nnc(C4CCCO4)n3CC2)cc1. The van der Waals surface area contributed by atoms with Crippen molar-refractivity contribution in [2.45, 2.75) is 38.5 Å². The van der Waals surface area contributed by atoms with Crippen LogP contribution in [0.5, 0.6) is 0 Å². The molecule has 2 aliphatic heterocycles. The lowest BCUT2D eigenvalue weighted by atomic mass is 10.1. The first-order chi connectivity index (χ1) is 16.3. The Morgan fingerprint density at radius 3 is 2.52 bits per heavy atom. The summed E-state index contributed by atoms with van der Waals surface area (Å²) < 4.78 is 10.2. The fraction of sp³-hybridized carbons (Fsp3) is 0.346. The van der Waals surface area contributed by atoms with Crippen LogP contribution in [0.15, 0.2) is 66.9 Å². The van der Waals surface area contributed by atoms with E-state index in [-0.39, 0.29) is 6.10 Å². The molecule has 2 aliphatic rings. The van der Waals surface area contributed by atoms with Gasteiger partial charge in [-0.2, -0.15) is 5.10 Å². The highest BCUT2D eigenvalue weighted by atomic mass is 16.5. The molecule has 0 spiro atoms. The van der Waals surface area contributed by atoms with E-state index in [2.05, 4.69) is 74.4 Å². The number of hydrogen-bond acceptors (Lipinski definition) is 5. The van der Waals surface area contributed by atoms with Crippen molar-refractivity contribution >= 4 is 0 Å². The Balaban J connectivity index is 1.26. The van der Waals surface area contributed by atoms with Gasteiger partial charge in [-0.05, 0) is 25.0 Å². The summed E-state index contributed by atoms with van der Waals surface area (Å²) in [7, 11) is 0. The Bertz CT molecular complexity index is 1210. The molecule has 4 aromatic rings. The first kappa shape index (κ1) is 20.3. The van der Waals surface area contributed by atoms with Crippen molar-refractivity contribution in [1.29, 1.82) is 0 Å². The number of aromatic nitrogens is 5. The maximum atomic E-state index is 5.89. The van der Waals surface area contributed by atoms with Crippen LogP contribution >= 0.6 is 0 Å². The standard InChI is InChI=1S/C26H28N6O/c1-3-8-20(9-4-1)25-21(19-32(29-25)22-10-5-2-6-11-22)18-30-14-13-24-27-28-26(31(24)16-15-30)23-12-7-17-33-23/h1-6,8-11,19,23H,7,12-18H2. The van der Waals surface area contributed by atoms with E-state index in [1.807, 2.05) is 16.8 Å². The molecule has 0 amide bonds. The molecule has 1 atom stereocenters. The van der Waals surface area contributed by atoms with E-state index in [0.717, 1.165) is 80.6 Å². The third kappa shape index (κ3) is 4.10.